The van der Waals surface area contributed by atoms with Gasteiger partial charge in [-0.1, -0.05) is 36.0 Å². The predicted molar refractivity (Wildman–Crippen MR) is 133 cm³/mol. The van der Waals surface area contributed by atoms with E-state index in [4.69, 9.17) is 9.47 Å². The van der Waals surface area contributed by atoms with E-state index in [2.05, 4.69) is 15.5 Å². The van der Waals surface area contributed by atoms with Crippen LogP contribution in [0.4, 0.5) is 0 Å². The Hall–Kier alpha value is -4.11. The molecule has 1 aromatic heterocycles. The maximum Gasteiger partial charge on any atom is 0.266 e. The van der Waals surface area contributed by atoms with Crippen LogP contribution in [-0.2, 0) is 4.79 Å². The molecular formula is C25H22N4O4S. The summed E-state index contributed by atoms with van der Waals surface area (Å²) in [5, 5.41) is 4.90. The van der Waals surface area contributed by atoms with Gasteiger partial charge in [0.05, 0.1) is 42.8 Å². The van der Waals surface area contributed by atoms with Crippen molar-refractivity contribution < 1.29 is 14.3 Å². The van der Waals surface area contributed by atoms with Crippen LogP contribution < -0.4 is 20.5 Å². The number of carbonyl (C=O) groups excluding carboxylic acids is 1. The summed E-state index contributed by atoms with van der Waals surface area (Å²) in [4.78, 5) is 30.4. The van der Waals surface area contributed by atoms with Crippen molar-refractivity contribution in [2.45, 2.75) is 5.16 Å². The lowest BCUT2D eigenvalue weighted by molar-refractivity contribution is -0.118. The minimum Gasteiger partial charge on any atom is -0.497 e. The van der Waals surface area contributed by atoms with Crippen LogP contribution in [0.1, 0.15) is 5.56 Å². The van der Waals surface area contributed by atoms with E-state index < -0.39 is 0 Å². The molecule has 0 aliphatic heterocycles. The minimum atomic E-state index is -0.333. The second-order valence-corrected chi connectivity index (χ2v) is 8.02. The molecule has 0 aliphatic rings. The molecule has 0 radical (unpaired) electrons. The zero-order valence-corrected chi connectivity index (χ0v) is 19.4. The minimum absolute atomic E-state index is 0.0181. The monoisotopic (exact) mass is 474 g/mol. The van der Waals surface area contributed by atoms with Crippen molar-refractivity contribution in [3.05, 3.63) is 88.7 Å². The first-order valence-electron chi connectivity index (χ1n) is 10.3. The highest BCUT2D eigenvalue weighted by Gasteiger charge is 2.15. The van der Waals surface area contributed by atoms with Crippen molar-refractivity contribution in [3.63, 3.8) is 0 Å². The molecular weight excluding hydrogens is 452 g/mol. The zero-order valence-electron chi connectivity index (χ0n) is 18.6. The molecule has 0 fully saturated rings. The molecule has 0 spiro atoms. The number of fused-ring (bicyclic) bond motifs is 1. The lowest BCUT2D eigenvalue weighted by Crippen LogP contribution is -2.24. The average molecular weight is 475 g/mol. The van der Waals surface area contributed by atoms with Crippen LogP contribution in [0.5, 0.6) is 11.5 Å². The smallest absolute Gasteiger partial charge is 0.266 e. The summed E-state index contributed by atoms with van der Waals surface area (Å²) in [7, 11) is 3.15. The van der Waals surface area contributed by atoms with E-state index in [9.17, 15) is 9.59 Å². The SMILES string of the molecule is COc1ccc(-n2c(SCC(=O)N/N=C\c3ccccc3OC)nc3ccccc3c2=O)cc1. The van der Waals surface area contributed by atoms with Gasteiger partial charge in [0, 0.05) is 5.56 Å². The Balaban J connectivity index is 1.56. The van der Waals surface area contributed by atoms with E-state index in [0.717, 1.165) is 17.3 Å². The largest absolute Gasteiger partial charge is 0.497 e. The third kappa shape index (κ3) is 5.10. The summed E-state index contributed by atoms with van der Waals surface area (Å²) < 4.78 is 12.0. The normalized spacial score (nSPS) is 11.0. The number of rotatable bonds is 8. The number of hydrogen-bond donors (Lipinski definition) is 1. The molecule has 1 amide bonds. The average Bonchev–Trinajstić information content (AvgIpc) is 2.88. The Labute approximate surface area is 200 Å². The zero-order chi connectivity index (χ0) is 23.9. The highest BCUT2D eigenvalue weighted by atomic mass is 32.2. The van der Waals surface area contributed by atoms with Crippen molar-refractivity contribution in [1.29, 1.82) is 0 Å². The first-order valence-corrected chi connectivity index (χ1v) is 11.3. The Kier molecular flexibility index (Phi) is 7.24. The number of carbonyl (C=O) groups is 1. The van der Waals surface area contributed by atoms with Crippen LogP contribution in [0.25, 0.3) is 16.6 Å². The van der Waals surface area contributed by atoms with Crippen LogP contribution in [0.3, 0.4) is 0 Å². The first-order chi connectivity index (χ1) is 16.6. The number of thioether (sulfide) groups is 1. The Morgan fingerprint density at radius 3 is 2.53 bits per heavy atom. The highest BCUT2D eigenvalue weighted by Crippen LogP contribution is 2.23. The molecule has 172 valence electrons. The van der Waals surface area contributed by atoms with Crippen LogP contribution in [0.15, 0.2) is 87.8 Å². The molecule has 0 atom stereocenters. The van der Waals surface area contributed by atoms with E-state index in [0.29, 0.717) is 33.2 Å². The number of amides is 1. The molecule has 0 aliphatic carbocycles. The quantitative estimate of drug-likeness (QED) is 0.181. The topological polar surface area (TPSA) is 94.8 Å². The fourth-order valence-corrected chi connectivity index (χ4v) is 4.08. The summed E-state index contributed by atoms with van der Waals surface area (Å²) >= 11 is 1.15. The molecule has 4 rings (SSSR count). The predicted octanol–water partition coefficient (Wildman–Crippen LogP) is 3.65. The van der Waals surface area contributed by atoms with Crippen LogP contribution in [-0.4, -0.2) is 41.6 Å². The maximum absolute atomic E-state index is 13.3. The molecule has 8 nitrogen and oxygen atoms in total. The van der Waals surface area contributed by atoms with Gasteiger partial charge in [-0.25, -0.2) is 10.4 Å². The van der Waals surface area contributed by atoms with Gasteiger partial charge >= 0.3 is 0 Å². The maximum atomic E-state index is 13.3. The van der Waals surface area contributed by atoms with E-state index >= 15 is 0 Å². The van der Waals surface area contributed by atoms with E-state index in [1.165, 1.54) is 10.8 Å². The van der Waals surface area contributed by atoms with E-state index in [1.54, 1.807) is 56.7 Å². The highest BCUT2D eigenvalue weighted by molar-refractivity contribution is 7.99. The third-order valence-corrected chi connectivity index (χ3v) is 5.88. The van der Waals surface area contributed by atoms with Crippen molar-refractivity contribution in [3.8, 4) is 17.2 Å². The van der Waals surface area contributed by atoms with Gasteiger partial charge in [0.2, 0.25) is 0 Å². The molecule has 0 unspecified atom stereocenters. The fourth-order valence-electron chi connectivity index (χ4n) is 3.28. The van der Waals surface area contributed by atoms with Gasteiger partial charge in [-0.3, -0.25) is 14.2 Å². The summed E-state index contributed by atoms with van der Waals surface area (Å²) in [5.41, 5.74) is 4.22. The number of hydrazone groups is 1. The number of hydrogen-bond acceptors (Lipinski definition) is 7. The number of para-hydroxylation sites is 2. The number of methoxy groups -OCH3 is 2. The van der Waals surface area contributed by atoms with Crippen molar-refractivity contribution in [1.82, 2.24) is 15.0 Å². The lowest BCUT2D eigenvalue weighted by Gasteiger charge is -2.13. The van der Waals surface area contributed by atoms with Crippen LogP contribution in [0.2, 0.25) is 0 Å². The van der Waals surface area contributed by atoms with Gasteiger partial charge in [-0.05, 0) is 48.5 Å². The second kappa shape index (κ2) is 10.7. The number of nitrogens with zero attached hydrogens (tertiary/aromatic N) is 3. The fraction of sp³-hybridized carbons (Fsp3) is 0.120. The number of benzene rings is 3. The van der Waals surface area contributed by atoms with Crippen LogP contribution >= 0.6 is 11.8 Å². The first kappa shape index (κ1) is 23.1. The molecule has 9 heteroatoms. The molecule has 1 heterocycles. The van der Waals surface area contributed by atoms with Gasteiger partial charge in [0.15, 0.2) is 5.16 Å². The van der Waals surface area contributed by atoms with Crippen molar-refractivity contribution >= 4 is 34.8 Å². The third-order valence-electron chi connectivity index (χ3n) is 4.94. The Morgan fingerprint density at radius 2 is 1.76 bits per heavy atom. The molecule has 1 N–H and O–H groups in total. The summed E-state index contributed by atoms with van der Waals surface area (Å²) in [6, 6.07) is 21.6. The molecule has 4 aromatic rings. The summed E-state index contributed by atoms with van der Waals surface area (Å²) in [6.07, 6.45) is 1.52. The van der Waals surface area contributed by atoms with E-state index in [-0.39, 0.29) is 17.2 Å². The van der Waals surface area contributed by atoms with E-state index in [1.807, 2.05) is 30.3 Å². The van der Waals surface area contributed by atoms with Gasteiger partial charge in [-0.2, -0.15) is 5.10 Å². The molecule has 34 heavy (non-hydrogen) atoms. The molecule has 0 bridgehead atoms. The summed E-state index contributed by atoms with van der Waals surface area (Å²) in [5.74, 6) is 1.01. The van der Waals surface area contributed by atoms with Gasteiger partial charge in [0.1, 0.15) is 11.5 Å². The van der Waals surface area contributed by atoms with Gasteiger partial charge in [-0.15, -0.1) is 0 Å². The molecule has 0 saturated heterocycles. The Bertz CT molecular complexity index is 1400. The number of nitrogens with one attached hydrogen (secondary N) is 1. The lowest BCUT2D eigenvalue weighted by atomic mass is 10.2. The van der Waals surface area contributed by atoms with Gasteiger partial charge < -0.3 is 9.47 Å². The van der Waals surface area contributed by atoms with Crippen molar-refractivity contribution in [2.24, 2.45) is 5.10 Å². The standard InChI is InChI=1S/C25H22N4O4S/c1-32-19-13-11-18(12-14-19)29-24(31)20-8-4-5-9-21(20)27-25(29)34-16-23(30)28-26-15-17-7-3-6-10-22(17)33-2/h3-15H,16H2,1-2H3,(H,28,30)/b26-15-. The molecule has 3 aromatic carbocycles. The van der Waals surface area contributed by atoms with Crippen molar-refractivity contribution in [2.75, 3.05) is 20.0 Å². The Morgan fingerprint density at radius 1 is 1.03 bits per heavy atom. The van der Waals surface area contributed by atoms with Crippen LogP contribution in [0, 0.1) is 0 Å². The second-order valence-electron chi connectivity index (χ2n) is 7.07. The van der Waals surface area contributed by atoms with Gasteiger partial charge in [0.25, 0.3) is 11.5 Å². The molecule has 0 saturated carbocycles. The summed E-state index contributed by atoms with van der Waals surface area (Å²) in [6.45, 7) is 0. The number of ether oxygens (including phenoxy) is 2. The number of aromatic nitrogens is 2.